The minimum absolute atomic E-state index is 0. The summed E-state index contributed by atoms with van der Waals surface area (Å²) in [5, 5.41) is 0. The van der Waals surface area contributed by atoms with E-state index in [1.165, 1.54) is 12.8 Å². The normalized spacial score (nSPS) is 16.1. The van der Waals surface area contributed by atoms with Gasteiger partial charge in [-0.3, -0.25) is 0 Å². The van der Waals surface area contributed by atoms with Gasteiger partial charge in [0.2, 0.25) is 0 Å². The molecule has 0 aromatic carbocycles. The van der Waals surface area contributed by atoms with Crippen molar-refractivity contribution in [2.75, 3.05) is 0 Å². The fourth-order valence-corrected chi connectivity index (χ4v) is 10.3. The molecule has 0 aromatic rings. The molecule has 0 unspecified atom stereocenters. The van der Waals surface area contributed by atoms with Crippen LogP contribution in [0.5, 0.6) is 0 Å². The molecule has 0 amide bonds. The van der Waals surface area contributed by atoms with E-state index in [9.17, 15) is 0 Å². The van der Waals surface area contributed by atoms with Crippen molar-refractivity contribution in [2.24, 2.45) is 11.8 Å². The first kappa shape index (κ1) is 22.3. The second kappa shape index (κ2) is 9.56. The number of rotatable bonds is 4. The van der Waals surface area contributed by atoms with Crippen LogP contribution in [-0.4, -0.2) is 3.21 Å². The molecule has 0 bridgehead atoms. The second-order valence-corrected chi connectivity index (χ2v) is 14.3. The summed E-state index contributed by atoms with van der Waals surface area (Å²) in [5.41, 5.74) is 3.13. The van der Waals surface area contributed by atoms with E-state index in [-0.39, 0.29) is 24.8 Å². The Balaban J connectivity index is 0.00000220. The number of halogens is 2. The van der Waals surface area contributed by atoms with Gasteiger partial charge >= 0.3 is 133 Å². The van der Waals surface area contributed by atoms with Gasteiger partial charge in [0.05, 0.1) is 0 Å². The molecule has 2 rings (SSSR count). The topological polar surface area (TPSA) is 0 Å². The van der Waals surface area contributed by atoms with Crippen LogP contribution in [0.2, 0.25) is 0 Å². The Morgan fingerprint density at radius 2 is 1.18 bits per heavy atom. The fourth-order valence-electron chi connectivity index (χ4n) is 3.10. The predicted molar refractivity (Wildman–Crippen MR) is 87.6 cm³/mol. The maximum atomic E-state index is 2.54. The number of allylic oxidation sites excluding steroid dienone is 8. The summed E-state index contributed by atoms with van der Waals surface area (Å²) in [6, 6.07) is 0. The van der Waals surface area contributed by atoms with Gasteiger partial charge in [0.15, 0.2) is 0 Å². The van der Waals surface area contributed by atoms with Crippen LogP contribution in [0, 0.1) is 11.8 Å². The number of hydrogen-bond acceptors (Lipinski definition) is 0. The van der Waals surface area contributed by atoms with Crippen molar-refractivity contribution in [3.63, 3.8) is 0 Å². The molecule has 0 spiro atoms. The Morgan fingerprint density at radius 3 is 1.41 bits per heavy atom. The average Bonchev–Trinajstić information content (AvgIpc) is 2.97. The van der Waals surface area contributed by atoms with Crippen molar-refractivity contribution in [3.05, 3.63) is 42.0 Å². The van der Waals surface area contributed by atoms with Crippen LogP contribution in [0.25, 0.3) is 0 Å². The predicted octanol–water partition coefficient (Wildman–Crippen LogP) is -0.435. The molecule has 0 atom stereocenters. The van der Waals surface area contributed by atoms with E-state index < -0.39 is 21.3 Å². The molecule has 2 aliphatic rings. The molecule has 3 heteroatoms. The summed E-state index contributed by atoms with van der Waals surface area (Å²) in [4.78, 5) is 0. The second-order valence-electron chi connectivity index (χ2n) is 6.84. The zero-order chi connectivity index (χ0) is 14.9. The Labute approximate surface area is 156 Å². The maximum absolute atomic E-state index is 2.54. The molecule has 0 saturated carbocycles. The van der Waals surface area contributed by atoms with Gasteiger partial charge in [-0.1, -0.05) is 0 Å². The molecule has 0 aromatic heterocycles. The van der Waals surface area contributed by atoms with Crippen molar-refractivity contribution < 1.29 is 46.1 Å². The summed E-state index contributed by atoms with van der Waals surface area (Å²) in [6.45, 7) is 14.0. The van der Waals surface area contributed by atoms with Gasteiger partial charge in [-0.2, -0.15) is 0 Å². The van der Waals surface area contributed by atoms with Gasteiger partial charge in [0.25, 0.3) is 0 Å². The average molecular weight is 419 g/mol. The third-order valence-corrected chi connectivity index (χ3v) is 11.6. The van der Waals surface area contributed by atoms with E-state index in [0.717, 1.165) is 0 Å². The molecule has 0 N–H and O–H groups in total. The molecule has 0 fully saturated rings. The molecule has 0 saturated heterocycles. The van der Waals surface area contributed by atoms with Crippen LogP contribution >= 0.6 is 0 Å². The van der Waals surface area contributed by atoms with Crippen LogP contribution in [0.1, 0.15) is 54.4 Å². The standard InChI is InChI=1S/2C8H11.C3H6.2ClH.Zr/c2*1-7(2)8-5-3-4-6-8;1-3-2;;;/h2*5-7H,3H2,1-2H3;1-2H3;2*1H;/q;;;;;+2/p-2. The summed E-state index contributed by atoms with van der Waals surface area (Å²) < 4.78 is 5.31. The van der Waals surface area contributed by atoms with Gasteiger partial charge < -0.3 is 24.8 Å². The summed E-state index contributed by atoms with van der Waals surface area (Å²) in [6.07, 6.45) is 12.5. The molecule has 0 aliphatic heterocycles. The first-order valence-electron chi connectivity index (χ1n) is 7.89. The Kier molecular flexibility index (Phi) is 9.68. The monoisotopic (exact) mass is 416 g/mol. The Hall–Kier alpha value is 0.293. The van der Waals surface area contributed by atoms with Crippen LogP contribution < -0.4 is 24.8 Å². The summed E-state index contributed by atoms with van der Waals surface area (Å²) >= 11 is -1.70. The molecule has 22 heavy (non-hydrogen) atoms. The largest absolute Gasteiger partial charge is 1.00 e. The zero-order valence-electron chi connectivity index (χ0n) is 14.6. The van der Waals surface area contributed by atoms with E-state index in [0.29, 0.717) is 11.8 Å². The van der Waals surface area contributed by atoms with Gasteiger partial charge in [-0.15, -0.1) is 0 Å². The third kappa shape index (κ3) is 5.15. The maximum Gasteiger partial charge on any atom is -1.00 e. The number of hydrogen-bond donors (Lipinski definition) is 0. The first-order chi connectivity index (χ1) is 9.40. The van der Waals surface area contributed by atoms with E-state index in [1.54, 1.807) is 20.9 Å². The molecule has 122 valence electrons. The molecule has 2 aliphatic carbocycles. The van der Waals surface area contributed by atoms with E-state index >= 15 is 0 Å². The van der Waals surface area contributed by atoms with Crippen molar-refractivity contribution in [3.8, 4) is 0 Å². The van der Waals surface area contributed by atoms with Gasteiger partial charge in [0.1, 0.15) is 0 Å². The minimum atomic E-state index is -1.70. The van der Waals surface area contributed by atoms with Gasteiger partial charge in [-0.25, -0.2) is 0 Å². The first-order valence-corrected chi connectivity index (χ1v) is 11.6. The fraction of sp³-hybridized carbons (Fsp3) is 0.526. The third-order valence-electron chi connectivity index (χ3n) is 4.27. The molecule has 0 nitrogen and oxygen atoms in total. The van der Waals surface area contributed by atoms with E-state index in [4.69, 9.17) is 0 Å². The van der Waals surface area contributed by atoms with Crippen LogP contribution in [-0.2, 0) is 21.3 Å². The zero-order valence-corrected chi connectivity index (χ0v) is 18.6. The molecular formula is C19H28Cl2Zr. The Morgan fingerprint density at radius 1 is 0.818 bits per heavy atom. The quantitative estimate of drug-likeness (QED) is 0.581. The van der Waals surface area contributed by atoms with Crippen LogP contribution in [0.15, 0.2) is 42.0 Å². The van der Waals surface area contributed by atoms with Crippen LogP contribution in [0.4, 0.5) is 0 Å². The molecule has 0 radical (unpaired) electrons. The van der Waals surface area contributed by atoms with Crippen molar-refractivity contribution >= 4 is 3.21 Å². The Bertz CT molecular complexity index is 510. The summed E-state index contributed by atoms with van der Waals surface area (Å²) in [5.74, 6) is 1.35. The molecular weight excluding hydrogens is 390 g/mol. The van der Waals surface area contributed by atoms with Gasteiger partial charge in [0, 0.05) is 0 Å². The van der Waals surface area contributed by atoms with Crippen molar-refractivity contribution in [2.45, 2.75) is 54.4 Å². The SMILES string of the molecule is C[C](C)=[Zr+2]([C]1=CC(C(C)C)=CC1)[C]1=CC(C(C)C)=CC1.[Cl-].[Cl-]. The molecule has 0 heterocycles. The smallest absolute Gasteiger partial charge is 1.00 e. The van der Waals surface area contributed by atoms with Crippen molar-refractivity contribution in [1.82, 2.24) is 0 Å². The summed E-state index contributed by atoms with van der Waals surface area (Å²) in [7, 11) is 0. The van der Waals surface area contributed by atoms with Crippen LogP contribution in [0.3, 0.4) is 0 Å². The van der Waals surface area contributed by atoms with E-state index in [1.807, 2.05) is 0 Å². The van der Waals surface area contributed by atoms with Crippen molar-refractivity contribution in [1.29, 1.82) is 0 Å². The van der Waals surface area contributed by atoms with E-state index in [2.05, 4.69) is 65.8 Å². The van der Waals surface area contributed by atoms with Gasteiger partial charge in [-0.05, 0) is 0 Å². The minimum Gasteiger partial charge on any atom is -1.00 e.